The molecule has 0 heterocycles. The van der Waals surface area contributed by atoms with Crippen LogP contribution in [0.15, 0.2) is 0 Å². The molecule has 0 saturated carbocycles. The zero-order valence-electron chi connectivity index (χ0n) is 20.0. The average Bonchev–Trinajstić information content (AvgIpc) is 2.69. The van der Waals surface area contributed by atoms with Gasteiger partial charge in [-0.3, -0.25) is 0 Å². The van der Waals surface area contributed by atoms with Crippen LogP contribution in [0.2, 0.25) is 0 Å². The number of rotatable bonds is 22. The van der Waals surface area contributed by atoms with E-state index in [9.17, 15) is 0 Å². The van der Waals surface area contributed by atoms with E-state index in [1.807, 2.05) is 0 Å². The summed E-state index contributed by atoms with van der Waals surface area (Å²) in [6.45, 7) is 10.9. The summed E-state index contributed by atoms with van der Waals surface area (Å²) in [5.74, 6) is 0. The molecule has 0 aromatic rings. The molecule has 164 valence electrons. The molecule has 0 unspecified atom stereocenters. The highest BCUT2D eigenvalue weighted by atomic mass is 15.3. The molecule has 1 heteroatoms. The fraction of sp³-hybridized carbons (Fsp3) is 1.00. The second-order valence-corrected chi connectivity index (χ2v) is 9.34. The first kappa shape index (κ1) is 27.0. The van der Waals surface area contributed by atoms with Gasteiger partial charge in [0.15, 0.2) is 0 Å². The number of nitrogens with zero attached hydrogens (tertiary/aromatic N) is 1. The Morgan fingerprint density at radius 1 is 0.370 bits per heavy atom. The van der Waals surface area contributed by atoms with E-state index in [2.05, 4.69) is 27.8 Å². The van der Waals surface area contributed by atoms with Crippen molar-refractivity contribution in [3.8, 4) is 0 Å². The van der Waals surface area contributed by atoms with Gasteiger partial charge in [-0.2, -0.15) is 0 Å². The van der Waals surface area contributed by atoms with Crippen molar-refractivity contribution in [2.75, 3.05) is 26.7 Å². The molecule has 0 spiro atoms. The smallest absolute Gasteiger partial charge is 0.0784 e. The van der Waals surface area contributed by atoms with Crippen molar-refractivity contribution in [2.45, 2.75) is 143 Å². The lowest BCUT2D eigenvalue weighted by Crippen LogP contribution is -2.44. The van der Waals surface area contributed by atoms with Crippen molar-refractivity contribution in [1.29, 1.82) is 0 Å². The van der Waals surface area contributed by atoms with Gasteiger partial charge in [-0.25, -0.2) is 0 Å². The standard InChI is InChI=1S/C26H56N/c1-5-8-9-10-11-12-13-14-15-16-17-18-19-20-21-22-23-24-25-26-27(4,6-2)7-3/h5-26H2,1-4H3/q+1. The fourth-order valence-corrected chi connectivity index (χ4v) is 4.11. The van der Waals surface area contributed by atoms with Crippen molar-refractivity contribution < 1.29 is 4.48 Å². The number of hydrogen-bond acceptors (Lipinski definition) is 0. The molecular formula is C26H56N+. The molecular weight excluding hydrogens is 326 g/mol. The van der Waals surface area contributed by atoms with Crippen molar-refractivity contribution in [3.05, 3.63) is 0 Å². The number of quaternary nitrogens is 1. The van der Waals surface area contributed by atoms with E-state index >= 15 is 0 Å². The molecule has 0 saturated heterocycles. The largest absolute Gasteiger partial charge is 0.327 e. The Morgan fingerprint density at radius 2 is 0.630 bits per heavy atom. The van der Waals surface area contributed by atoms with Crippen molar-refractivity contribution in [1.82, 2.24) is 0 Å². The van der Waals surface area contributed by atoms with E-state index in [1.165, 1.54) is 146 Å². The lowest BCUT2D eigenvalue weighted by Gasteiger charge is -2.32. The maximum atomic E-state index is 2.41. The summed E-state index contributed by atoms with van der Waals surface area (Å²) >= 11 is 0. The van der Waals surface area contributed by atoms with E-state index < -0.39 is 0 Å². The summed E-state index contributed by atoms with van der Waals surface area (Å²) in [6, 6.07) is 0. The van der Waals surface area contributed by atoms with E-state index in [-0.39, 0.29) is 0 Å². The van der Waals surface area contributed by atoms with Crippen LogP contribution < -0.4 is 0 Å². The summed E-state index contributed by atoms with van der Waals surface area (Å²) in [7, 11) is 2.41. The topological polar surface area (TPSA) is 0 Å². The third kappa shape index (κ3) is 19.1. The second-order valence-electron chi connectivity index (χ2n) is 9.34. The zero-order valence-corrected chi connectivity index (χ0v) is 20.0. The maximum absolute atomic E-state index is 2.41. The summed E-state index contributed by atoms with van der Waals surface area (Å²) < 4.78 is 1.26. The van der Waals surface area contributed by atoms with Crippen LogP contribution in [0.1, 0.15) is 143 Å². The molecule has 0 atom stereocenters. The molecule has 27 heavy (non-hydrogen) atoms. The van der Waals surface area contributed by atoms with Gasteiger partial charge in [-0.15, -0.1) is 0 Å². The van der Waals surface area contributed by atoms with Gasteiger partial charge in [0.2, 0.25) is 0 Å². The van der Waals surface area contributed by atoms with Crippen LogP contribution in [0.25, 0.3) is 0 Å². The fourth-order valence-electron chi connectivity index (χ4n) is 4.11. The molecule has 0 aliphatic rings. The molecule has 0 aliphatic heterocycles. The number of hydrogen-bond donors (Lipinski definition) is 0. The summed E-state index contributed by atoms with van der Waals surface area (Å²) in [6.07, 6.45) is 27.9. The number of unbranched alkanes of at least 4 members (excludes halogenated alkanes) is 18. The molecule has 1 nitrogen and oxygen atoms in total. The highest BCUT2D eigenvalue weighted by Gasteiger charge is 2.14. The Morgan fingerprint density at radius 3 is 0.889 bits per heavy atom. The van der Waals surface area contributed by atoms with E-state index in [1.54, 1.807) is 0 Å². The van der Waals surface area contributed by atoms with Crippen LogP contribution in [-0.2, 0) is 0 Å². The maximum Gasteiger partial charge on any atom is 0.0784 e. The van der Waals surface area contributed by atoms with Gasteiger partial charge in [0, 0.05) is 0 Å². The lowest BCUT2D eigenvalue weighted by atomic mass is 10.0. The molecule has 0 aromatic heterocycles. The average molecular weight is 383 g/mol. The Hall–Kier alpha value is -0.0400. The minimum absolute atomic E-state index is 1.26. The monoisotopic (exact) mass is 382 g/mol. The SMILES string of the molecule is CCCCCCCCCCCCCCCCCCCCC[N+](C)(CC)CC. The first-order chi connectivity index (χ1) is 13.2. The molecule has 0 aliphatic carbocycles. The molecule has 0 bridgehead atoms. The van der Waals surface area contributed by atoms with Crippen LogP contribution in [-0.4, -0.2) is 31.2 Å². The van der Waals surface area contributed by atoms with Gasteiger partial charge < -0.3 is 4.48 Å². The van der Waals surface area contributed by atoms with Gasteiger partial charge >= 0.3 is 0 Å². The third-order valence-electron chi connectivity index (χ3n) is 6.83. The minimum Gasteiger partial charge on any atom is -0.327 e. The molecule has 0 N–H and O–H groups in total. The summed E-state index contributed by atoms with van der Waals surface area (Å²) in [5, 5.41) is 0. The predicted molar refractivity (Wildman–Crippen MR) is 126 cm³/mol. The first-order valence-electron chi connectivity index (χ1n) is 13.0. The normalized spacial score (nSPS) is 12.0. The Bertz CT molecular complexity index is 269. The quantitative estimate of drug-likeness (QED) is 0.129. The molecule has 0 aromatic carbocycles. The molecule has 0 rings (SSSR count). The van der Waals surface area contributed by atoms with Gasteiger partial charge in [0.25, 0.3) is 0 Å². The van der Waals surface area contributed by atoms with Crippen LogP contribution >= 0.6 is 0 Å². The Labute approximate surface area is 174 Å². The predicted octanol–water partition coefficient (Wildman–Crippen LogP) is 8.90. The molecule has 0 fully saturated rings. The van der Waals surface area contributed by atoms with Crippen LogP contribution in [0.5, 0.6) is 0 Å². The lowest BCUT2D eigenvalue weighted by molar-refractivity contribution is -0.906. The van der Waals surface area contributed by atoms with Gasteiger partial charge in [0.05, 0.1) is 26.7 Å². The Balaban J connectivity index is 3.11. The zero-order chi connectivity index (χ0) is 20.1. The van der Waals surface area contributed by atoms with Crippen LogP contribution in [0.4, 0.5) is 0 Å². The van der Waals surface area contributed by atoms with Crippen molar-refractivity contribution >= 4 is 0 Å². The van der Waals surface area contributed by atoms with Crippen molar-refractivity contribution in [3.63, 3.8) is 0 Å². The first-order valence-corrected chi connectivity index (χ1v) is 13.0. The third-order valence-corrected chi connectivity index (χ3v) is 6.83. The minimum atomic E-state index is 1.26. The highest BCUT2D eigenvalue weighted by Crippen LogP contribution is 2.15. The van der Waals surface area contributed by atoms with Crippen LogP contribution in [0.3, 0.4) is 0 Å². The van der Waals surface area contributed by atoms with E-state index in [0.717, 1.165) is 0 Å². The highest BCUT2D eigenvalue weighted by molar-refractivity contribution is 4.51. The van der Waals surface area contributed by atoms with Gasteiger partial charge in [0.1, 0.15) is 0 Å². The summed E-state index contributed by atoms with van der Waals surface area (Å²) in [5.41, 5.74) is 0. The Kier molecular flexibility index (Phi) is 20.7. The summed E-state index contributed by atoms with van der Waals surface area (Å²) in [4.78, 5) is 0. The van der Waals surface area contributed by atoms with Gasteiger partial charge in [-0.05, 0) is 26.7 Å². The van der Waals surface area contributed by atoms with Crippen LogP contribution in [0, 0.1) is 0 Å². The second kappa shape index (κ2) is 20.7. The molecule has 0 amide bonds. The van der Waals surface area contributed by atoms with E-state index in [0.29, 0.717) is 0 Å². The van der Waals surface area contributed by atoms with E-state index in [4.69, 9.17) is 0 Å². The van der Waals surface area contributed by atoms with Crippen molar-refractivity contribution in [2.24, 2.45) is 0 Å². The van der Waals surface area contributed by atoms with Gasteiger partial charge in [-0.1, -0.05) is 116 Å². The molecule has 0 radical (unpaired) electrons.